The molecule has 1 heteroatoms. The molecule has 4 saturated carbocycles. The van der Waals surface area contributed by atoms with Gasteiger partial charge in [-0.2, -0.15) is 0 Å². The quantitative estimate of drug-likeness (QED) is 0.154. The van der Waals surface area contributed by atoms with Gasteiger partial charge in [-0.25, -0.2) is 0 Å². The Kier molecular flexibility index (Phi) is 8.45. The summed E-state index contributed by atoms with van der Waals surface area (Å²) in [5, 5.41) is 0. The lowest BCUT2D eigenvalue weighted by molar-refractivity contribution is -0.0399. The van der Waals surface area contributed by atoms with Gasteiger partial charge < -0.3 is 4.90 Å². The van der Waals surface area contributed by atoms with Gasteiger partial charge in [0.15, 0.2) is 0 Å². The second-order valence-electron chi connectivity index (χ2n) is 20.0. The molecular formula is C65H51N. The highest BCUT2D eigenvalue weighted by molar-refractivity contribution is 5.99. The molecule has 1 spiro atoms. The third kappa shape index (κ3) is 5.29. The summed E-state index contributed by atoms with van der Waals surface area (Å²) in [6, 6.07) is 85.1. The Morgan fingerprint density at radius 2 is 0.818 bits per heavy atom. The van der Waals surface area contributed by atoms with E-state index in [1.165, 1.54) is 110 Å². The fourth-order valence-corrected chi connectivity index (χ4v) is 14.8. The molecule has 0 N–H and O–H groups in total. The Labute approximate surface area is 389 Å². The van der Waals surface area contributed by atoms with Gasteiger partial charge in [0.1, 0.15) is 0 Å². The van der Waals surface area contributed by atoms with Crippen molar-refractivity contribution >= 4 is 17.1 Å². The van der Waals surface area contributed by atoms with E-state index < -0.39 is 5.41 Å². The maximum Gasteiger partial charge on any atom is 0.0714 e. The Balaban J connectivity index is 1.05. The van der Waals surface area contributed by atoms with E-state index in [0.717, 1.165) is 17.5 Å². The lowest BCUT2D eigenvalue weighted by Gasteiger charge is -2.61. The molecule has 0 heterocycles. The van der Waals surface area contributed by atoms with Crippen molar-refractivity contribution in [1.29, 1.82) is 0 Å². The third-order valence-corrected chi connectivity index (χ3v) is 16.9. The zero-order chi connectivity index (χ0) is 43.4. The Morgan fingerprint density at radius 3 is 1.47 bits per heavy atom. The fourth-order valence-electron chi connectivity index (χ4n) is 14.8. The van der Waals surface area contributed by atoms with E-state index in [1.54, 1.807) is 11.1 Å². The lowest BCUT2D eigenvalue weighted by atomic mass is 9.43. The van der Waals surface area contributed by atoms with E-state index in [2.05, 4.69) is 229 Å². The van der Waals surface area contributed by atoms with Crippen LogP contribution in [0.3, 0.4) is 0 Å². The molecular weight excluding hydrogens is 795 g/mol. The molecule has 0 aliphatic heterocycles. The van der Waals surface area contributed by atoms with E-state index in [9.17, 15) is 0 Å². The molecule has 66 heavy (non-hydrogen) atoms. The average molecular weight is 846 g/mol. The lowest BCUT2D eigenvalue weighted by Crippen LogP contribution is -2.55. The minimum Gasteiger partial charge on any atom is -0.310 e. The third-order valence-electron chi connectivity index (χ3n) is 16.9. The van der Waals surface area contributed by atoms with Gasteiger partial charge in [-0.15, -0.1) is 0 Å². The first-order valence-electron chi connectivity index (χ1n) is 24.3. The summed E-state index contributed by atoms with van der Waals surface area (Å²) < 4.78 is 0. The van der Waals surface area contributed by atoms with Crippen molar-refractivity contribution < 1.29 is 0 Å². The molecule has 316 valence electrons. The number of benzene rings is 9. The van der Waals surface area contributed by atoms with Crippen molar-refractivity contribution in [2.45, 2.75) is 42.9 Å². The number of anilines is 3. The van der Waals surface area contributed by atoms with Crippen LogP contribution in [0.5, 0.6) is 0 Å². The highest BCUT2D eigenvalue weighted by Gasteiger charge is 2.61. The number of hydrogen-bond acceptors (Lipinski definition) is 1. The van der Waals surface area contributed by atoms with E-state index in [4.69, 9.17) is 0 Å². The average Bonchev–Trinajstić information content (AvgIpc) is 3.84. The van der Waals surface area contributed by atoms with Crippen LogP contribution in [0.4, 0.5) is 17.1 Å². The van der Waals surface area contributed by atoms with Crippen molar-refractivity contribution in [1.82, 2.24) is 0 Å². The first kappa shape index (κ1) is 38.1. The smallest absolute Gasteiger partial charge is 0.0714 e. The van der Waals surface area contributed by atoms with Crippen LogP contribution in [0.15, 0.2) is 224 Å². The summed E-state index contributed by atoms with van der Waals surface area (Å²) in [5.74, 6) is 3.24. The van der Waals surface area contributed by atoms with Gasteiger partial charge in [0.05, 0.1) is 11.1 Å². The summed E-state index contributed by atoms with van der Waals surface area (Å²) in [6.07, 6.45) is 6.97. The van der Waals surface area contributed by atoms with Gasteiger partial charge >= 0.3 is 0 Å². The van der Waals surface area contributed by atoms with E-state index in [0.29, 0.717) is 11.8 Å². The number of hydrogen-bond donors (Lipinski definition) is 0. The van der Waals surface area contributed by atoms with Crippen LogP contribution in [0.25, 0.3) is 44.5 Å². The largest absolute Gasteiger partial charge is 0.310 e. The fraction of sp³-hybridized carbons (Fsp3) is 0.169. The van der Waals surface area contributed by atoms with Crippen LogP contribution in [-0.4, -0.2) is 0 Å². The van der Waals surface area contributed by atoms with E-state index in [-0.39, 0.29) is 5.41 Å². The molecule has 0 saturated heterocycles. The first-order valence-corrected chi connectivity index (χ1v) is 24.3. The summed E-state index contributed by atoms with van der Waals surface area (Å²) in [7, 11) is 0. The van der Waals surface area contributed by atoms with Gasteiger partial charge in [-0.3, -0.25) is 0 Å². The summed E-state index contributed by atoms with van der Waals surface area (Å²) in [4.78, 5) is 2.60. The topological polar surface area (TPSA) is 3.24 Å². The highest BCUT2D eigenvalue weighted by atomic mass is 15.1. The molecule has 0 amide bonds. The Morgan fingerprint density at radius 1 is 0.333 bits per heavy atom. The second-order valence-corrected chi connectivity index (χ2v) is 20.0. The maximum atomic E-state index is 2.60. The predicted octanol–water partition coefficient (Wildman–Crippen LogP) is 16.6. The number of nitrogens with zero attached hydrogens (tertiary/aromatic N) is 1. The molecule has 0 radical (unpaired) electrons. The minimum absolute atomic E-state index is 0.107. The van der Waals surface area contributed by atoms with Crippen LogP contribution < -0.4 is 4.90 Å². The standard InChI is InChI=1S/C65H51N/c1-5-18-45(19-6-1)53-28-17-31-62(63(53)46-20-7-2-8-21-46)66(51-33-35-60-57(41-51)55-27-14-16-30-59(55)65(60)49-37-43-36-44(39-49)40-50(65)38-43)52-32-34-56-54-26-13-15-29-58(54)64(61(56)42-52,47-22-9-3-10-23-47)48-24-11-4-12-25-48/h1-35,41-44,49-50H,36-40H2. The molecule has 15 rings (SSSR count). The Bertz CT molecular complexity index is 3250. The molecule has 0 atom stereocenters. The van der Waals surface area contributed by atoms with Crippen LogP contribution in [0.2, 0.25) is 0 Å². The molecule has 6 aliphatic carbocycles. The van der Waals surface area contributed by atoms with Crippen molar-refractivity contribution in [2.24, 2.45) is 23.7 Å². The van der Waals surface area contributed by atoms with Crippen LogP contribution in [-0.2, 0) is 10.8 Å². The van der Waals surface area contributed by atoms with E-state index >= 15 is 0 Å². The molecule has 1 nitrogen and oxygen atoms in total. The molecule has 4 bridgehead atoms. The molecule has 0 unspecified atom stereocenters. The zero-order valence-electron chi connectivity index (χ0n) is 37.2. The van der Waals surface area contributed by atoms with Crippen molar-refractivity contribution in [3.8, 4) is 44.5 Å². The first-order chi connectivity index (χ1) is 32.7. The van der Waals surface area contributed by atoms with Crippen molar-refractivity contribution in [2.75, 3.05) is 4.90 Å². The van der Waals surface area contributed by atoms with Gasteiger partial charge in [0.25, 0.3) is 0 Å². The van der Waals surface area contributed by atoms with Crippen LogP contribution in [0.1, 0.15) is 65.5 Å². The van der Waals surface area contributed by atoms with Gasteiger partial charge in [-0.05, 0) is 158 Å². The maximum absolute atomic E-state index is 2.60. The summed E-state index contributed by atoms with van der Waals surface area (Å²) in [5.41, 5.74) is 21.8. The normalized spacial score (nSPS) is 22.1. The molecule has 0 aromatic heterocycles. The number of rotatable bonds is 7. The monoisotopic (exact) mass is 845 g/mol. The predicted molar refractivity (Wildman–Crippen MR) is 273 cm³/mol. The van der Waals surface area contributed by atoms with E-state index in [1.807, 2.05) is 0 Å². The van der Waals surface area contributed by atoms with Crippen molar-refractivity contribution in [3.05, 3.63) is 258 Å². The van der Waals surface area contributed by atoms with Crippen LogP contribution in [0, 0.1) is 23.7 Å². The zero-order valence-corrected chi connectivity index (χ0v) is 37.2. The molecule has 6 aliphatic rings. The van der Waals surface area contributed by atoms with Gasteiger partial charge in [0.2, 0.25) is 0 Å². The van der Waals surface area contributed by atoms with Crippen LogP contribution >= 0.6 is 0 Å². The molecule has 9 aromatic rings. The van der Waals surface area contributed by atoms with Crippen molar-refractivity contribution in [3.63, 3.8) is 0 Å². The highest BCUT2D eigenvalue weighted by Crippen LogP contribution is 2.70. The van der Waals surface area contributed by atoms with Gasteiger partial charge in [0, 0.05) is 22.4 Å². The number of fused-ring (bicyclic) bond motifs is 6. The molecule has 9 aromatic carbocycles. The minimum atomic E-state index is -0.521. The van der Waals surface area contributed by atoms with Gasteiger partial charge in [-0.1, -0.05) is 194 Å². The summed E-state index contributed by atoms with van der Waals surface area (Å²) >= 11 is 0. The Hall–Kier alpha value is -7.22. The summed E-state index contributed by atoms with van der Waals surface area (Å²) in [6.45, 7) is 0. The SMILES string of the molecule is c1ccc(-c2cccc(N(c3ccc4c(c3)-c3ccccc3C43C4CC5CC(C4)CC3C5)c3ccc4c(c3)C(c3ccccc3)(c3ccccc3)c3ccccc3-4)c2-c2ccccc2)cc1. The second kappa shape index (κ2) is 14.6. The molecule has 4 fully saturated rings.